The topological polar surface area (TPSA) is 19.4 Å². The molecule has 3 rings (SSSR count). The number of fused-ring (bicyclic) bond motifs is 1. The van der Waals surface area contributed by atoms with Crippen LogP contribution >= 0.6 is 0 Å². The molecule has 2 aliphatic rings. The van der Waals surface area contributed by atoms with Crippen molar-refractivity contribution < 1.29 is 0 Å². The van der Waals surface area contributed by atoms with Crippen molar-refractivity contribution in [1.29, 1.82) is 0 Å². The summed E-state index contributed by atoms with van der Waals surface area (Å²) in [6.45, 7) is 10.2. The molecule has 1 aromatic rings. The third kappa shape index (κ3) is 2.48. The van der Waals surface area contributed by atoms with Crippen LogP contribution in [0.1, 0.15) is 37.6 Å². The number of pyridine rings is 1. The Kier molecular flexibility index (Phi) is 3.48. The molecule has 0 aromatic carbocycles. The largest absolute Gasteiger partial charge is 0.365 e. The van der Waals surface area contributed by atoms with Gasteiger partial charge >= 0.3 is 0 Å². The molecule has 3 heterocycles. The fourth-order valence-corrected chi connectivity index (χ4v) is 3.67. The van der Waals surface area contributed by atoms with Gasteiger partial charge in [0, 0.05) is 30.9 Å². The van der Waals surface area contributed by atoms with Gasteiger partial charge in [0.1, 0.15) is 0 Å². The highest BCUT2D eigenvalue weighted by molar-refractivity contribution is 5.52. The zero-order valence-corrected chi connectivity index (χ0v) is 12.4. The Bertz CT molecular complexity index is 457. The second-order valence-electron chi connectivity index (χ2n) is 6.20. The van der Waals surface area contributed by atoms with Crippen LogP contribution in [0.15, 0.2) is 12.1 Å². The molecule has 0 N–H and O–H groups in total. The normalized spacial score (nSPS) is 28.3. The fraction of sp³-hybridized carbons (Fsp3) is 0.688. The molecule has 0 radical (unpaired) electrons. The number of piperidine rings is 1. The lowest BCUT2D eigenvalue weighted by molar-refractivity contribution is 0.115. The average molecular weight is 259 g/mol. The van der Waals surface area contributed by atoms with E-state index in [-0.39, 0.29) is 0 Å². The molecule has 2 saturated heterocycles. The third-order valence-electron chi connectivity index (χ3n) is 4.69. The number of rotatable bonds is 1. The van der Waals surface area contributed by atoms with Gasteiger partial charge in [-0.05, 0) is 52.3 Å². The Balaban J connectivity index is 1.83. The highest BCUT2D eigenvalue weighted by Gasteiger charge is 2.33. The first kappa shape index (κ1) is 12.9. The second kappa shape index (κ2) is 5.12. The first-order valence-electron chi connectivity index (χ1n) is 7.60. The van der Waals surface area contributed by atoms with Crippen LogP contribution in [0.5, 0.6) is 0 Å². The molecule has 0 bridgehead atoms. The maximum absolute atomic E-state index is 4.63. The fourth-order valence-electron chi connectivity index (χ4n) is 3.67. The molecule has 104 valence electrons. The summed E-state index contributed by atoms with van der Waals surface area (Å²) in [5.41, 5.74) is 3.63. The SMILES string of the molecule is Cc1ccc(N2CC3CCCCN3CC2C)c(C)n1. The molecule has 2 unspecified atom stereocenters. The molecule has 0 aliphatic carbocycles. The first-order valence-corrected chi connectivity index (χ1v) is 7.60. The first-order chi connectivity index (χ1) is 9.15. The van der Waals surface area contributed by atoms with E-state index >= 15 is 0 Å². The van der Waals surface area contributed by atoms with Crippen molar-refractivity contribution in [2.45, 2.75) is 52.1 Å². The van der Waals surface area contributed by atoms with Crippen LogP contribution in [0.2, 0.25) is 0 Å². The number of nitrogens with zero attached hydrogens (tertiary/aromatic N) is 3. The summed E-state index contributed by atoms with van der Waals surface area (Å²) < 4.78 is 0. The van der Waals surface area contributed by atoms with E-state index < -0.39 is 0 Å². The summed E-state index contributed by atoms with van der Waals surface area (Å²) in [5, 5.41) is 0. The predicted molar refractivity (Wildman–Crippen MR) is 79.7 cm³/mol. The lowest BCUT2D eigenvalue weighted by Gasteiger charge is -2.48. The highest BCUT2D eigenvalue weighted by Crippen LogP contribution is 2.29. The standard InChI is InChI=1S/C16H25N3/c1-12-7-8-16(14(3)17-12)19-11-15-6-4-5-9-18(15)10-13(19)2/h7-8,13,15H,4-6,9-11H2,1-3H3. The quantitative estimate of drug-likeness (QED) is 0.773. The maximum Gasteiger partial charge on any atom is 0.0609 e. The highest BCUT2D eigenvalue weighted by atomic mass is 15.3. The van der Waals surface area contributed by atoms with E-state index in [1.54, 1.807) is 0 Å². The summed E-state index contributed by atoms with van der Waals surface area (Å²) in [6, 6.07) is 5.75. The molecule has 2 atom stereocenters. The van der Waals surface area contributed by atoms with E-state index in [0.717, 1.165) is 11.7 Å². The molecule has 1 aromatic heterocycles. The number of hydrogen-bond acceptors (Lipinski definition) is 3. The van der Waals surface area contributed by atoms with Crippen molar-refractivity contribution in [1.82, 2.24) is 9.88 Å². The van der Waals surface area contributed by atoms with Gasteiger partial charge in [-0.2, -0.15) is 0 Å². The van der Waals surface area contributed by atoms with E-state index in [0.29, 0.717) is 6.04 Å². The van der Waals surface area contributed by atoms with Crippen molar-refractivity contribution in [3.8, 4) is 0 Å². The Hall–Kier alpha value is -1.09. The van der Waals surface area contributed by atoms with Gasteiger partial charge in [0.15, 0.2) is 0 Å². The predicted octanol–water partition coefficient (Wildman–Crippen LogP) is 2.76. The minimum atomic E-state index is 0.595. The van der Waals surface area contributed by atoms with Crippen LogP contribution in [0.4, 0.5) is 5.69 Å². The maximum atomic E-state index is 4.63. The van der Waals surface area contributed by atoms with Crippen LogP contribution in [-0.2, 0) is 0 Å². The third-order valence-corrected chi connectivity index (χ3v) is 4.69. The molecule has 3 nitrogen and oxygen atoms in total. The number of hydrogen-bond donors (Lipinski definition) is 0. The van der Waals surface area contributed by atoms with Gasteiger partial charge in [-0.1, -0.05) is 6.42 Å². The molecule has 2 fully saturated rings. The van der Waals surface area contributed by atoms with E-state index in [4.69, 9.17) is 0 Å². The molecule has 0 spiro atoms. The van der Waals surface area contributed by atoms with Gasteiger partial charge < -0.3 is 4.90 Å². The molecule has 19 heavy (non-hydrogen) atoms. The lowest BCUT2D eigenvalue weighted by Crippen LogP contribution is -2.59. The van der Waals surface area contributed by atoms with Crippen LogP contribution in [0.25, 0.3) is 0 Å². The molecular formula is C16H25N3. The smallest absolute Gasteiger partial charge is 0.0609 e. The average Bonchev–Trinajstić information content (AvgIpc) is 2.38. The van der Waals surface area contributed by atoms with Gasteiger partial charge in [-0.25, -0.2) is 0 Å². The Morgan fingerprint density at radius 3 is 2.79 bits per heavy atom. The minimum Gasteiger partial charge on any atom is -0.365 e. The summed E-state index contributed by atoms with van der Waals surface area (Å²) in [5.74, 6) is 0. The minimum absolute atomic E-state index is 0.595. The van der Waals surface area contributed by atoms with Crippen LogP contribution in [-0.4, -0.2) is 41.6 Å². The van der Waals surface area contributed by atoms with Gasteiger partial charge in [0.25, 0.3) is 0 Å². The van der Waals surface area contributed by atoms with Crippen molar-refractivity contribution in [3.63, 3.8) is 0 Å². The molecule has 2 aliphatic heterocycles. The van der Waals surface area contributed by atoms with Crippen molar-refractivity contribution in [2.24, 2.45) is 0 Å². The number of piperazine rings is 1. The van der Waals surface area contributed by atoms with E-state index in [1.807, 2.05) is 0 Å². The molecular weight excluding hydrogens is 234 g/mol. The summed E-state index contributed by atoms with van der Waals surface area (Å²) in [4.78, 5) is 9.91. The summed E-state index contributed by atoms with van der Waals surface area (Å²) in [7, 11) is 0. The molecule has 0 saturated carbocycles. The number of aromatic nitrogens is 1. The van der Waals surface area contributed by atoms with E-state index in [2.05, 4.69) is 47.7 Å². The van der Waals surface area contributed by atoms with Crippen molar-refractivity contribution in [2.75, 3.05) is 24.5 Å². The van der Waals surface area contributed by atoms with Gasteiger partial charge in [0.2, 0.25) is 0 Å². The number of aryl methyl sites for hydroxylation is 2. The van der Waals surface area contributed by atoms with E-state index in [1.165, 1.54) is 50.3 Å². The second-order valence-corrected chi connectivity index (χ2v) is 6.20. The van der Waals surface area contributed by atoms with Crippen LogP contribution in [0, 0.1) is 13.8 Å². The number of anilines is 1. The molecule has 0 amide bonds. The Labute approximate surface area is 116 Å². The Morgan fingerprint density at radius 1 is 1.16 bits per heavy atom. The summed E-state index contributed by atoms with van der Waals surface area (Å²) >= 11 is 0. The summed E-state index contributed by atoms with van der Waals surface area (Å²) in [6.07, 6.45) is 4.14. The van der Waals surface area contributed by atoms with Gasteiger partial charge in [-0.15, -0.1) is 0 Å². The van der Waals surface area contributed by atoms with Crippen LogP contribution < -0.4 is 4.90 Å². The van der Waals surface area contributed by atoms with E-state index in [9.17, 15) is 0 Å². The van der Waals surface area contributed by atoms with Gasteiger partial charge in [0.05, 0.1) is 11.4 Å². The monoisotopic (exact) mass is 259 g/mol. The Morgan fingerprint density at radius 2 is 2.00 bits per heavy atom. The van der Waals surface area contributed by atoms with Gasteiger partial charge in [-0.3, -0.25) is 9.88 Å². The van der Waals surface area contributed by atoms with Crippen LogP contribution in [0.3, 0.4) is 0 Å². The zero-order chi connectivity index (χ0) is 13.4. The van der Waals surface area contributed by atoms with Crippen molar-refractivity contribution in [3.05, 3.63) is 23.5 Å². The lowest BCUT2D eigenvalue weighted by atomic mass is 9.96. The van der Waals surface area contributed by atoms with Crippen molar-refractivity contribution >= 4 is 5.69 Å². The molecule has 3 heteroatoms. The zero-order valence-electron chi connectivity index (χ0n) is 12.4.